The molecule has 8 heavy (non-hydrogen) atoms. The van der Waals surface area contributed by atoms with Gasteiger partial charge < -0.3 is 11.1 Å². The molecule has 0 fully saturated rings. The Labute approximate surface area is 46.8 Å². The number of hydrogen-bond acceptors (Lipinski definition) is 3. The van der Waals surface area contributed by atoms with Gasteiger partial charge in [0.15, 0.2) is 0 Å². The van der Waals surface area contributed by atoms with E-state index in [1.54, 1.807) is 0 Å². The van der Waals surface area contributed by atoms with Gasteiger partial charge in [0, 0.05) is 6.54 Å². The van der Waals surface area contributed by atoms with Crippen LogP contribution in [0.15, 0.2) is 4.99 Å². The van der Waals surface area contributed by atoms with Crippen molar-refractivity contribution in [3.05, 3.63) is 0 Å². The van der Waals surface area contributed by atoms with Gasteiger partial charge in [0.25, 0.3) is 5.91 Å². The molecule has 4 nitrogen and oxygen atoms in total. The molecule has 0 saturated heterocycles. The number of rotatable bonds is 1. The first kappa shape index (κ1) is 5.24. The highest BCUT2D eigenvalue weighted by molar-refractivity contribution is 5.96. The molecule has 0 unspecified atom stereocenters. The highest BCUT2D eigenvalue weighted by Gasteiger charge is 2.17. The lowest BCUT2D eigenvalue weighted by atomic mass is 10.3. The van der Waals surface area contributed by atoms with Gasteiger partial charge >= 0.3 is 0 Å². The average molecular weight is 113 g/mol. The highest BCUT2D eigenvalue weighted by Crippen LogP contribution is 1.90. The average Bonchev–Trinajstić information content (AvgIpc) is 2.14. The Morgan fingerprint density at radius 2 is 2.75 bits per heavy atom. The van der Waals surface area contributed by atoms with Gasteiger partial charge in [-0.2, -0.15) is 0 Å². The fourth-order valence-electron chi connectivity index (χ4n) is 0.523. The van der Waals surface area contributed by atoms with E-state index in [-0.39, 0.29) is 11.9 Å². The Balaban J connectivity index is 2.53. The lowest BCUT2D eigenvalue weighted by Crippen LogP contribution is -2.30. The molecule has 0 saturated carbocycles. The van der Waals surface area contributed by atoms with Crippen molar-refractivity contribution in [3.8, 4) is 0 Å². The van der Waals surface area contributed by atoms with Gasteiger partial charge in [-0.25, -0.2) is 0 Å². The van der Waals surface area contributed by atoms with Gasteiger partial charge in [-0.15, -0.1) is 0 Å². The van der Waals surface area contributed by atoms with E-state index in [9.17, 15) is 4.79 Å². The van der Waals surface area contributed by atoms with Crippen LogP contribution in [0.2, 0.25) is 0 Å². The standard InChI is InChI=1S/C4H7N3O/c5-1-3-4(8)7-2-6-3/h2-3H,1,5H2,(H,6,7,8)/t3-/m1/s1. The summed E-state index contributed by atoms with van der Waals surface area (Å²) in [5.74, 6) is -0.104. The molecule has 0 aromatic carbocycles. The molecule has 1 heterocycles. The molecular formula is C4H7N3O. The zero-order valence-corrected chi connectivity index (χ0v) is 4.29. The molecule has 1 atom stereocenters. The number of nitrogens with two attached hydrogens (primary N) is 1. The van der Waals surface area contributed by atoms with E-state index in [0.29, 0.717) is 6.54 Å². The normalized spacial score (nSPS) is 26.1. The van der Waals surface area contributed by atoms with Gasteiger partial charge in [-0.3, -0.25) is 9.79 Å². The van der Waals surface area contributed by atoms with Crippen LogP contribution in [0.1, 0.15) is 0 Å². The topological polar surface area (TPSA) is 67.5 Å². The molecule has 44 valence electrons. The van der Waals surface area contributed by atoms with Crippen LogP contribution in [0.3, 0.4) is 0 Å². The maximum atomic E-state index is 10.5. The third-order valence-corrected chi connectivity index (χ3v) is 0.987. The van der Waals surface area contributed by atoms with Gasteiger partial charge in [-0.1, -0.05) is 0 Å². The van der Waals surface area contributed by atoms with Crippen LogP contribution in [-0.4, -0.2) is 24.8 Å². The van der Waals surface area contributed by atoms with E-state index < -0.39 is 0 Å². The number of carbonyl (C=O) groups is 1. The minimum atomic E-state index is -0.338. The molecule has 0 bridgehead atoms. The lowest BCUT2D eigenvalue weighted by Gasteiger charge is -1.95. The minimum absolute atomic E-state index is 0.104. The molecule has 0 spiro atoms. The first-order valence-corrected chi connectivity index (χ1v) is 2.36. The predicted octanol–water partition coefficient (Wildman–Crippen LogP) is -1.53. The molecule has 0 aliphatic carbocycles. The number of nitrogens with zero attached hydrogens (tertiary/aromatic N) is 1. The first-order chi connectivity index (χ1) is 3.84. The molecule has 0 aromatic heterocycles. The van der Waals surface area contributed by atoms with Crippen LogP contribution in [0.5, 0.6) is 0 Å². The minimum Gasteiger partial charge on any atom is -0.328 e. The number of nitrogens with one attached hydrogen (secondary N) is 1. The summed E-state index contributed by atoms with van der Waals surface area (Å²) in [6, 6.07) is -0.338. The maximum absolute atomic E-state index is 10.5. The van der Waals surface area contributed by atoms with Crippen molar-refractivity contribution >= 4 is 12.2 Å². The number of hydrogen-bond donors (Lipinski definition) is 2. The van der Waals surface area contributed by atoms with Crippen molar-refractivity contribution in [1.82, 2.24) is 5.32 Å². The second-order valence-corrected chi connectivity index (χ2v) is 1.54. The van der Waals surface area contributed by atoms with Gasteiger partial charge in [0.2, 0.25) is 0 Å². The highest BCUT2D eigenvalue weighted by atomic mass is 16.2. The van der Waals surface area contributed by atoms with Crippen LogP contribution in [0.4, 0.5) is 0 Å². The summed E-state index contributed by atoms with van der Waals surface area (Å²) >= 11 is 0. The SMILES string of the molecule is NC[C@H]1N=CNC1=O. The third-order valence-electron chi connectivity index (χ3n) is 0.987. The van der Waals surface area contributed by atoms with Crippen LogP contribution in [-0.2, 0) is 4.79 Å². The van der Waals surface area contributed by atoms with Gasteiger partial charge in [-0.05, 0) is 0 Å². The van der Waals surface area contributed by atoms with E-state index in [1.165, 1.54) is 6.34 Å². The van der Waals surface area contributed by atoms with Crippen molar-refractivity contribution in [1.29, 1.82) is 0 Å². The fourth-order valence-corrected chi connectivity index (χ4v) is 0.523. The van der Waals surface area contributed by atoms with Crippen LogP contribution < -0.4 is 11.1 Å². The van der Waals surface area contributed by atoms with Crippen molar-refractivity contribution in [2.75, 3.05) is 6.54 Å². The van der Waals surface area contributed by atoms with Gasteiger partial charge in [0.1, 0.15) is 6.04 Å². The monoisotopic (exact) mass is 113 g/mol. The third kappa shape index (κ3) is 0.696. The Kier molecular flexibility index (Phi) is 1.26. The molecule has 1 aliphatic rings. The zero-order valence-electron chi connectivity index (χ0n) is 4.29. The number of aliphatic imine (C=N–C) groups is 1. The van der Waals surface area contributed by atoms with E-state index in [4.69, 9.17) is 5.73 Å². The molecule has 3 N–H and O–H groups in total. The summed E-state index contributed by atoms with van der Waals surface area (Å²) in [5, 5.41) is 2.41. The number of amides is 1. The fraction of sp³-hybridized carbons (Fsp3) is 0.500. The molecular weight excluding hydrogens is 106 g/mol. The summed E-state index contributed by atoms with van der Waals surface area (Å²) < 4.78 is 0. The second kappa shape index (κ2) is 1.92. The maximum Gasteiger partial charge on any atom is 0.251 e. The van der Waals surface area contributed by atoms with Crippen LogP contribution in [0.25, 0.3) is 0 Å². The van der Waals surface area contributed by atoms with Crippen molar-refractivity contribution < 1.29 is 4.79 Å². The Hall–Kier alpha value is -0.900. The van der Waals surface area contributed by atoms with Crippen molar-refractivity contribution in [2.24, 2.45) is 10.7 Å². The quantitative estimate of drug-likeness (QED) is 0.433. The molecule has 1 aliphatic heterocycles. The van der Waals surface area contributed by atoms with E-state index in [2.05, 4.69) is 10.3 Å². The largest absolute Gasteiger partial charge is 0.328 e. The molecule has 1 amide bonds. The molecule has 4 heteroatoms. The second-order valence-electron chi connectivity index (χ2n) is 1.54. The lowest BCUT2D eigenvalue weighted by molar-refractivity contribution is -0.119. The Morgan fingerprint density at radius 3 is 3.00 bits per heavy atom. The molecule has 0 aromatic rings. The van der Waals surface area contributed by atoms with Crippen molar-refractivity contribution in [2.45, 2.75) is 6.04 Å². The molecule has 1 rings (SSSR count). The van der Waals surface area contributed by atoms with Crippen LogP contribution >= 0.6 is 0 Å². The van der Waals surface area contributed by atoms with E-state index >= 15 is 0 Å². The summed E-state index contributed by atoms with van der Waals surface area (Å²) in [7, 11) is 0. The summed E-state index contributed by atoms with van der Waals surface area (Å²) in [6.45, 7) is 0.294. The number of carbonyl (C=O) groups excluding carboxylic acids is 1. The van der Waals surface area contributed by atoms with E-state index in [1.807, 2.05) is 0 Å². The van der Waals surface area contributed by atoms with E-state index in [0.717, 1.165) is 0 Å². The summed E-state index contributed by atoms with van der Waals surface area (Å²) in [4.78, 5) is 14.2. The summed E-state index contributed by atoms with van der Waals surface area (Å²) in [6.07, 6.45) is 1.37. The zero-order chi connectivity index (χ0) is 5.98. The van der Waals surface area contributed by atoms with Crippen molar-refractivity contribution in [3.63, 3.8) is 0 Å². The Bertz CT molecular complexity index is 131. The van der Waals surface area contributed by atoms with Gasteiger partial charge in [0.05, 0.1) is 6.34 Å². The first-order valence-electron chi connectivity index (χ1n) is 2.36. The predicted molar refractivity (Wildman–Crippen MR) is 29.5 cm³/mol. The Morgan fingerprint density at radius 1 is 2.00 bits per heavy atom. The smallest absolute Gasteiger partial charge is 0.251 e. The molecule has 0 radical (unpaired) electrons. The van der Waals surface area contributed by atoms with Crippen LogP contribution in [0, 0.1) is 0 Å². The summed E-state index contributed by atoms with van der Waals surface area (Å²) in [5.41, 5.74) is 5.15.